The van der Waals surface area contributed by atoms with Gasteiger partial charge in [0, 0.05) is 12.2 Å². The zero-order valence-electron chi connectivity index (χ0n) is 12.7. The molecule has 3 heteroatoms. The molecule has 2 N–H and O–H groups in total. The zero-order chi connectivity index (χ0) is 14.5. The molecule has 1 unspecified atom stereocenters. The van der Waals surface area contributed by atoms with Gasteiger partial charge in [0.2, 0.25) is 5.91 Å². The van der Waals surface area contributed by atoms with Crippen molar-refractivity contribution < 1.29 is 4.79 Å². The maximum atomic E-state index is 12.0. The quantitative estimate of drug-likeness (QED) is 0.825. The summed E-state index contributed by atoms with van der Waals surface area (Å²) < 4.78 is 0. The Morgan fingerprint density at radius 1 is 1.26 bits per heavy atom. The molecule has 0 spiro atoms. The van der Waals surface area contributed by atoms with Crippen LogP contribution in [0.5, 0.6) is 0 Å². The van der Waals surface area contributed by atoms with Crippen molar-refractivity contribution in [1.29, 1.82) is 0 Å². The number of amides is 1. The standard InChI is InChI=1S/C16H26N2O/c1-6-16(4,5)11-17-13(3)15(19)18-14-9-7-12(2)8-10-14/h7-10,13,17H,6,11H2,1-5H3,(H,18,19). The Morgan fingerprint density at radius 3 is 2.37 bits per heavy atom. The molecular weight excluding hydrogens is 236 g/mol. The van der Waals surface area contributed by atoms with Gasteiger partial charge in [0.15, 0.2) is 0 Å². The van der Waals surface area contributed by atoms with E-state index in [-0.39, 0.29) is 17.4 Å². The second-order valence-electron chi connectivity index (χ2n) is 5.98. The highest BCUT2D eigenvalue weighted by Crippen LogP contribution is 2.18. The average molecular weight is 262 g/mol. The fourth-order valence-corrected chi connectivity index (χ4v) is 1.53. The van der Waals surface area contributed by atoms with Gasteiger partial charge in [0.05, 0.1) is 6.04 Å². The molecule has 0 aliphatic rings. The van der Waals surface area contributed by atoms with Gasteiger partial charge in [0.1, 0.15) is 0 Å². The topological polar surface area (TPSA) is 41.1 Å². The van der Waals surface area contributed by atoms with Gasteiger partial charge in [0.25, 0.3) is 0 Å². The normalized spacial score (nSPS) is 13.1. The second-order valence-corrected chi connectivity index (χ2v) is 5.98. The first-order valence-electron chi connectivity index (χ1n) is 6.95. The average Bonchev–Trinajstić information content (AvgIpc) is 2.38. The third-order valence-corrected chi connectivity index (χ3v) is 3.56. The van der Waals surface area contributed by atoms with E-state index < -0.39 is 0 Å². The highest BCUT2D eigenvalue weighted by Gasteiger charge is 2.19. The highest BCUT2D eigenvalue weighted by atomic mass is 16.2. The summed E-state index contributed by atoms with van der Waals surface area (Å²) in [7, 11) is 0. The van der Waals surface area contributed by atoms with Crippen LogP contribution in [-0.4, -0.2) is 18.5 Å². The van der Waals surface area contributed by atoms with Gasteiger partial charge in [-0.05, 0) is 37.8 Å². The Balaban J connectivity index is 2.47. The SMILES string of the molecule is CCC(C)(C)CNC(C)C(=O)Nc1ccc(C)cc1. The summed E-state index contributed by atoms with van der Waals surface area (Å²) in [6.45, 7) is 11.3. The minimum absolute atomic E-state index is 0.00996. The molecule has 1 rings (SSSR count). The molecular formula is C16H26N2O. The first-order chi connectivity index (χ1) is 8.84. The van der Waals surface area contributed by atoms with Gasteiger partial charge in [-0.2, -0.15) is 0 Å². The van der Waals surface area contributed by atoms with Gasteiger partial charge in [-0.1, -0.05) is 38.5 Å². The summed E-state index contributed by atoms with van der Waals surface area (Å²) in [5.41, 5.74) is 2.26. The third kappa shape index (κ3) is 5.43. The van der Waals surface area contributed by atoms with Gasteiger partial charge in [-0.15, -0.1) is 0 Å². The highest BCUT2D eigenvalue weighted by molar-refractivity contribution is 5.94. The molecule has 0 aliphatic heterocycles. The Morgan fingerprint density at radius 2 is 1.84 bits per heavy atom. The van der Waals surface area contributed by atoms with E-state index in [1.165, 1.54) is 5.56 Å². The number of carbonyl (C=O) groups excluding carboxylic acids is 1. The van der Waals surface area contributed by atoms with E-state index in [1.807, 2.05) is 38.1 Å². The first-order valence-corrected chi connectivity index (χ1v) is 6.95. The van der Waals surface area contributed by atoms with Crippen LogP contribution in [0.2, 0.25) is 0 Å². The number of hydrogen-bond donors (Lipinski definition) is 2. The van der Waals surface area contributed by atoms with Gasteiger partial charge < -0.3 is 10.6 Å². The van der Waals surface area contributed by atoms with Crippen LogP contribution in [0.1, 0.15) is 39.7 Å². The van der Waals surface area contributed by atoms with E-state index in [9.17, 15) is 4.79 Å². The number of benzene rings is 1. The lowest BCUT2D eigenvalue weighted by atomic mass is 9.90. The van der Waals surface area contributed by atoms with Crippen LogP contribution in [0.4, 0.5) is 5.69 Å². The van der Waals surface area contributed by atoms with Gasteiger partial charge in [-0.3, -0.25) is 4.79 Å². The van der Waals surface area contributed by atoms with Crippen LogP contribution in [0.15, 0.2) is 24.3 Å². The maximum Gasteiger partial charge on any atom is 0.241 e. The molecule has 0 radical (unpaired) electrons. The lowest BCUT2D eigenvalue weighted by Crippen LogP contribution is -2.42. The molecule has 1 aromatic rings. The van der Waals surface area contributed by atoms with Crippen molar-refractivity contribution in [2.24, 2.45) is 5.41 Å². The van der Waals surface area contributed by atoms with Crippen LogP contribution >= 0.6 is 0 Å². The van der Waals surface area contributed by atoms with Crippen LogP contribution in [0.3, 0.4) is 0 Å². The van der Waals surface area contributed by atoms with Crippen molar-refractivity contribution in [1.82, 2.24) is 5.32 Å². The Bertz CT molecular complexity index is 409. The van der Waals surface area contributed by atoms with E-state index in [1.54, 1.807) is 0 Å². The monoisotopic (exact) mass is 262 g/mol. The summed E-state index contributed by atoms with van der Waals surface area (Å²) in [4.78, 5) is 12.0. The third-order valence-electron chi connectivity index (χ3n) is 3.56. The maximum absolute atomic E-state index is 12.0. The fraction of sp³-hybridized carbons (Fsp3) is 0.562. The van der Waals surface area contributed by atoms with E-state index in [2.05, 4.69) is 31.4 Å². The summed E-state index contributed by atoms with van der Waals surface area (Å²) in [5.74, 6) is 0.00996. The number of aryl methyl sites for hydroxylation is 1. The molecule has 1 atom stereocenters. The Labute approximate surface area is 116 Å². The molecule has 1 aromatic carbocycles. The summed E-state index contributed by atoms with van der Waals surface area (Å²) in [6.07, 6.45) is 1.09. The number of carbonyl (C=O) groups is 1. The van der Waals surface area contributed by atoms with Crippen molar-refractivity contribution >= 4 is 11.6 Å². The largest absolute Gasteiger partial charge is 0.325 e. The molecule has 1 amide bonds. The molecule has 0 bridgehead atoms. The van der Waals surface area contributed by atoms with Crippen LogP contribution in [-0.2, 0) is 4.79 Å². The van der Waals surface area contributed by atoms with E-state index in [4.69, 9.17) is 0 Å². The number of nitrogens with one attached hydrogen (secondary N) is 2. The Kier molecular flexibility index (Phi) is 5.55. The van der Waals surface area contributed by atoms with Crippen molar-refractivity contribution in [3.05, 3.63) is 29.8 Å². The summed E-state index contributed by atoms with van der Waals surface area (Å²) in [6, 6.07) is 7.65. The molecule has 0 saturated heterocycles. The zero-order valence-corrected chi connectivity index (χ0v) is 12.7. The van der Waals surface area contributed by atoms with Crippen LogP contribution in [0.25, 0.3) is 0 Å². The molecule has 0 aliphatic carbocycles. The number of anilines is 1. The molecule has 0 aromatic heterocycles. The predicted octanol–water partition coefficient (Wildman–Crippen LogP) is 3.35. The predicted molar refractivity (Wildman–Crippen MR) is 81.3 cm³/mol. The van der Waals surface area contributed by atoms with Crippen LogP contribution in [0, 0.1) is 12.3 Å². The lowest BCUT2D eigenvalue weighted by molar-refractivity contribution is -0.117. The molecule has 3 nitrogen and oxygen atoms in total. The summed E-state index contributed by atoms with van der Waals surface area (Å²) in [5, 5.41) is 6.21. The Hall–Kier alpha value is -1.35. The summed E-state index contributed by atoms with van der Waals surface area (Å²) >= 11 is 0. The van der Waals surface area contributed by atoms with E-state index in [0.29, 0.717) is 0 Å². The van der Waals surface area contributed by atoms with E-state index in [0.717, 1.165) is 18.7 Å². The number of rotatable bonds is 6. The molecule has 106 valence electrons. The number of hydrogen-bond acceptors (Lipinski definition) is 2. The van der Waals surface area contributed by atoms with Crippen molar-refractivity contribution in [2.75, 3.05) is 11.9 Å². The van der Waals surface area contributed by atoms with Crippen molar-refractivity contribution in [3.8, 4) is 0 Å². The minimum Gasteiger partial charge on any atom is -0.325 e. The van der Waals surface area contributed by atoms with Crippen molar-refractivity contribution in [3.63, 3.8) is 0 Å². The minimum atomic E-state index is -0.188. The van der Waals surface area contributed by atoms with Gasteiger partial charge in [-0.25, -0.2) is 0 Å². The fourth-order valence-electron chi connectivity index (χ4n) is 1.53. The van der Waals surface area contributed by atoms with E-state index >= 15 is 0 Å². The second kappa shape index (κ2) is 6.71. The first kappa shape index (κ1) is 15.7. The molecule has 0 saturated carbocycles. The molecule has 0 fully saturated rings. The lowest BCUT2D eigenvalue weighted by Gasteiger charge is -2.25. The van der Waals surface area contributed by atoms with Crippen LogP contribution < -0.4 is 10.6 Å². The van der Waals surface area contributed by atoms with Crippen molar-refractivity contribution in [2.45, 2.75) is 47.1 Å². The molecule has 0 heterocycles. The van der Waals surface area contributed by atoms with Gasteiger partial charge >= 0.3 is 0 Å². The smallest absolute Gasteiger partial charge is 0.241 e. The molecule has 19 heavy (non-hydrogen) atoms.